The summed E-state index contributed by atoms with van der Waals surface area (Å²) in [6.07, 6.45) is 7.28. The predicted octanol–water partition coefficient (Wildman–Crippen LogP) is 2.71. The molecule has 4 nitrogen and oxygen atoms in total. The van der Waals surface area contributed by atoms with E-state index in [0.717, 1.165) is 32.1 Å². The van der Waals surface area contributed by atoms with Gasteiger partial charge in [-0.3, -0.25) is 4.79 Å². The Morgan fingerprint density at radius 2 is 1.94 bits per heavy atom. The summed E-state index contributed by atoms with van der Waals surface area (Å²) in [6.45, 7) is 1.97. The molecule has 4 heteroatoms. The molecule has 0 saturated heterocycles. The first-order valence-corrected chi connectivity index (χ1v) is 7.05. The molecule has 1 aliphatic carbocycles. The standard InChI is InChI=1S/C14H26O4/c1-17-10-11-18-9-5-7-12-6-3-2-4-8-13(12)14(15)16/h12-13H,2-11H2,1H3,(H,15,16). The van der Waals surface area contributed by atoms with Crippen LogP contribution in [0.5, 0.6) is 0 Å². The Hall–Kier alpha value is -0.610. The first-order chi connectivity index (χ1) is 8.75. The number of ether oxygens (including phenoxy) is 2. The van der Waals surface area contributed by atoms with E-state index in [9.17, 15) is 9.90 Å². The summed E-state index contributed by atoms with van der Waals surface area (Å²) in [5.41, 5.74) is 0. The monoisotopic (exact) mass is 258 g/mol. The highest BCUT2D eigenvalue weighted by Crippen LogP contribution is 2.32. The molecule has 0 heterocycles. The van der Waals surface area contributed by atoms with Crippen molar-refractivity contribution in [3.63, 3.8) is 0 Å². The molecule has 0 amide bonds. The van der Waals surface area contributed by atoms with Gasteiger partial charge >= 0.3 is 5.97 Å². The van der Waals surface area contributed by atoms with Gasteiger partial charge in [-0.2, -0.15) is 0 Å². The van der Waals surface area contributed by atoms with Gasteiger partial charge in [0.15, 0.2) is 0 Å². The van der Waals surface area contributed by atoms with Gasteiger partial charge in [-0.25, -0.2) is 0 Å². The summed E-state index contributed by atoms with van der Waals surface area (Å²) in [4.78, 5) is 11.2. The van der Waals surface area contributed by atoms with Crippen LogP contribution in [0.1, 0.15) is 44.9 Å². The Kier molecular flexibility index (Phi) is 8.01. The van der Waals surface area contributed by atoms with Crippen LogP contribution in [0.3, 0.4) is 0 Å². The zero-order valence-electron chi connectivity index (χ0n) is 11.4. The third kappa shape index (κ3) is 5.83. The molecule has 1 saturated carbocycles. The molecule has 1 rings (SSSR count). The lowest BCUT2D eigenvalue weighted by Gasteiger charge is -2.21. The molecule has 1 aliphatic rings. The lowest BCUT2D eigenvalue weighted by Crippen LogP contribution is -2.23. The maximum absolute atomic E-state index is 11.2. The van der Waals surface area contributed by atoms with Crippen molar-refractivity contribution in [2.75, 3.05) is 26.9 Å². The lowest BCUT2D eigenvalue weighted by atomic mass is 9.84. The number of carbonyl (C=O) groups is 1. The van der Waals surface area contributed by atoms with Crippen LogP contribution in [0.4, 0.5) is 0 Å². The molecule has 0 aromatic rings. The Balaban J connectivity index is 2.22. The molecule has 0 aromatic heterocycles. The van der Waals surface area contributed by atoms with E-state index < -0.39 is 5.97 Å². The van der Waals surface area contributed by atoms with Crippen molar-refractivity contribution in [1.29, 1.82) is 0 Å². The number of carboxylic acid groups (broad SMARTS) is 1. The lowest BCUT2D eigenvalue weighted by molar-refractivity contribution is -0.144. The second kappa shape index (κ2) is 9.34. The van der Waals surface area contributed by atoms with E-state index in [4.69, 9.17) is 9.47 Å². The summed E-state index contributed by atoms with van der Waals surface area (Å²) in [7, 11) is 1.66. The van der Waals surface area contributed by atoms with Crippen LogP contribution in [0.2, 0.25) is 0 Å². The molecule has 0 spiro atoms. The SMILES string of the molecule is COCCOCCCC1CCCCCC1C(=O)O. The van der Waals surface area contributed by atoms with Crippen LogP contribution >= 0.6 is 0 Å². The van der Waals surface area contributed by atoms with E-state index in [1.165, 1.54) is 12.8 Å². The Labute approximate surface area is 110 Å². The first kappa shape index (κ1) is 15.4. The van der Waals surface area contributed by atoms with Crippen molar-refractivity contribution in [1.82, 2.24) is 0 Å². The van der Waals surface area contributed by atoms with E-state index in [1.54, 1.807) is 7.11 Å². The molecule has 0 bridgehead atoms. The van der Waals surface area contributed by atoms with Crippen LogP contribution in [0.15, 0.2) is 0 Å². The normalized spacial score (nSPS) is 24.7. The first-order valence-electron chi connectivity index (χ1n) is 7.05. The molecule has 0 aromatic carbocycles. The minimum Gasteiger partial charge on any atom is -0.481 e. The maximum Gasteiger partial charge on any atom is 0.306 e. The fraction of sp³-hybridized carbons (Fsp3) is 0.929. The zero-order valence-corrected chi connectivity index (χ0v) is 11.4. The minimum atomic E-state index is -0.609. The Morgan fingerprint density at radius 1 is 1.17 bits per heavy atom. The fourth-order valence-electron chi connectivity index (χ4n) is 2.75. The topological polar surface area (TPSA) is 55.8 Å². The molecule has 1 fully saturated rings. The number of methoxy groups -OCH3 is 1. The van der Waals surface area contributed by atoms with Gasteiger partial charge < -0.3 is 14.6 Å². The van der Waals surface area contributed by atoms with Crippen LogP contribution in [-0.2, 0) is 14.3 Å². The average Bonchev–Trinajstić information content (AvgIpc) is 2.59. The van der Waals surface area contributed by atoms with Gasteiger partial charge in [0, 0.05) is 13.7 Å². The fourth-order valence-corrected chi connectivity index (χ4v) is 2.75. The molecule has 0 aliphatic heterocycles. The van der Waals surface area contributed by atoms with Gasteiger partial charge in [0.05, 0.1) is 19.1 Å². The third-order valence-electron chi connectivity index (χ3n) is 3.77. The van der Waals surface area contributed by atoms with Crippen molar-refractivity contribution in [2.45, 2.75) is 44.9 Å². The molecule has 0 radical (unpaired) electrons. The third-order valence-corrected chi connectivity index (χ3v) is 3.77. The smallest absolute Gasteiger partial charge is 0.306 e. The maximum atomic E-state index is 11.2. The van der Waals surface area contributed by atoms with Crippen molar-refractivity contribution in [2.24, 2.45) is 11.8 Å². The zero-order chi connectivity index (χ0) is 13.2. The van der Waals surface area contributed by atoms with Gasteiger partial charge in [-0.05, 0) is 31.6 Å². The summed E-state index contributed by atoms with van der Waals surface area (Å²) >= 11 is 0. The minimum absolute atomic E-state index is 0.133. The quantitative estimate of drug-likeness (QED) is 0.537. The number of hydrogen-bond donors (Lipinski definition) is 1. The Bertz CT molecular complexity index is 230. The van der Waals surface area contributed by atoms with E-state index >= 15 is 0 Å². The second-order valence-electron chi connectivity index (χ2n) is 5.09. The van der Waals surface area contributed by atoms with Crippen molar-refractivity contribution in [3.05, 3.63) is 0 Å². The summed E-state index contributed by atoms with van der Waals surface area (Å²) in [5, 5.41) is 9.26. The van der Waals surface area contributed by atoms with Gasteiger partial charge in [0.25, 0.3) is 0 Å². The number of rotatable bonds is 8. The van der Waals surface area contributed by atoms with E-state index in [-0.39, 0.29) is 5.92 Å². The number of carboxylic acids is 1. The van der Waals surface area contributed by atoms with E-state index in [1.807, 2.05) is 0 Å². The highest BCUT2D eigenvalue weighted by atomic mass is 16.5. The molecule has 2 unspecified atom stereocenters. The van der Waals surface area contributed by atoms with Crippen molar-refractivity contribution >= 4 is 5.97 Å². The molecular formula is C14H26O4. The van der Waals surface area contributed by atoms with Gasteiger partial charge in [-0.1, -0.05) is 19.3 Å². The van der Waals surface area contributed by atoms with E-state index in [0.29, 0.717) is 25.7 Å². The van der Waals surface area contributed by atoms with Crippen molar-refractivity contribution in [3.8, 4) is 0 Å². The predicted molar refractivity (Wildman–Crippen MR) is 69.6 cm³/mol. The highest BCUT2D eigenvalue weighted by molar-refractivity contribution is 5.70. The van der Waals surface area contributed by atoms with Gasteiger partial charge in [0.1, 0.15) is 0 Å². The van der Waals surface area contributed by atoms with Crippen molar-refractivity contribution < 1.29 is 19.4 Å². The van der Waals surface area contributed by atoms with Gasteiger partial charge in [-0.15, -0.1) is 0 Å². The number of hydrogen-bond acceptors (Lipinski definition) is 3. The highest BCUT2D eigenvalue weighted by Gasteiger charge is 2.28. The second-order valence-corrected chi connectivity index (χ2v) is 5.09. The molecule has 2 atom stereocenters. The van der Waals surface area contributed by atoms with Crippen LogP contribution < -0.4 is 0 Å². The summed E-state index contributed by atoms with van der Waals surface area (Å²) < 4.78 is 10.3. The summed E-state index contributed by atoms with van der Waals surface area (Å²) in [6, 6.07) is 0. The molecule has 1 N–H and O–H groups in total. The molecule has 18 heavy (non-hydrogen) atoms. The van der Waals surface area contributed by atoms with E-state index in [2.05, 4.69) is 0 Å². The Morgan fingerprint density at radius 3 is 2.67 bits per heavy atom. The molecule has 106 valence electrons. The average molecular weight is 258 g/mol. The van der Waals surface area contributed by atoms with Crippen LogP contribution in [0, 0.1) is 11.8 Å². The van der Waals surface area contributed by atoms with Crippen LogP contribution in [-0.4, -0.2) is 38.0 Å². The summed E-state index contributed by atoms with van der Waals surface area (Å²) in [5.74, 6) is -0.398. The van der Waals surface area contributed by atoms with Gasteiger partial charge in [0.2, 0.25) is 0 Å². The molecular weight excluding hydrogens is 232 g/mol. The van der Waals surface area contributed by atoms with Crippen LogP contribution in [0.25, 0.3) is 0 Å². The largest absolute Gasteiger partial charge is 0.481 e. The number of aliphatic carboxylic acids is 1.